The number of benzene rings is 1. The van der Waals surface area contributed by atoms with Crippen LogP contribution in [0.2, 0.25) is 0 Å². The van der Waals surface area contributed by atoms with E-state index < -0.39 is 10.0 Å². The zero-order valence-corrected chi connectivity index (χ0v) is 12.7. The van der Waals surface area contributed by atoms with Gasteiger partial charge in [-0.3, -0.25) is 0 Å². The summed E-state index contributed by atoms with van der Waals surface area (Å²) in [6.07, 6.45) is 1.81. The third-order valence-corrected chi connectivity index (χ3v) is 6.46. The molecule has 0 saturated carbocycles. The maximum absolute atomic E-state index is 12.5. The van der Waals surface area contributed by atoms with Crippen LogP contribution in [-0.4, -0.2) is 25.8 Å². The first-order chi connectivity index (χ1) is 9.68. The van der Waals surface area contributed by atoms with Crippen molar-refractivity contribution < 1.29 is 8.42 Å². The average Bonchev–Trinajstić information content (AvgIpc) is 3.02. The van der Waals surface area contributed by atoms with Gasteiger partial charge in [0.1, 0.15) is 0 Å². The summed E-state index contributed by atoms with van der Waals surface area (Å²) in [6.45, 7) is 1.22. The summed E-state index contributed by atoms with van der Waals surface area (Å²) in [4.78, 5) is 0.397. The molecule has 1 aromatic heterocycles. The summed E-state index contributed by atoms with van der Waals surface area (Å²) >= 11 is 1.70. The number of hydrogen-bond donors (Lipinski definition) is 0. The van der Waals surface area contributed by atoms with Crippen LogP contribution in [0.15, 0.2) is 52.1 Å². The van der Waals surface area contributed by atoms with E-state index in [1.165, 1.54) is 5.56 Å². The summed E-state index contributed by atoms with van der Waals surface area (Å²) < 4.78 is 26.6. The molecule has 0 spiro atoms. The van der Waals surface area contributed by atoms with Crippen LogP contribution in [0.1, 0.15) is 24.3 Å². The van der Waals surface area contributed by atoms with Gasteiger partial charge in [-0.05, 0) is 53.3 Å². The van der Waals surface area contributed by atoms with Crippen molar-refractivity contribution in [3.05, 3.63) is 52.7 Å². The highest BCUT2D eigenvalue weighted by Gasteiger charge is 2.29. The van der Waals surface area contributed by atoms with Gasteiger partial charge in [0.15, 0.2) is 0 Å². The van der Waals surface area contributed by atoms with Gasteiger partial charge in [0.25, 0.3) is 0 Å². The summed E-state index contributed by atoms with van der Waals surface area (Å²) in [5, 5.41) is 4.26. The quantitative estimate of drug-likeness (QED) is 0.872. The molecule has 0 aliphatic carbocycles. The molecule has 2 aromatic rings. The number of piperidine rings is 1. The predicted molar refractivity (Wildman–Crippen MR) is 81.5 cm³/mol. The number of thiophene rings is 1. The van der Waals surface area contributed by atoms with Gasteiger partial charge in [0.05, 0.1) is 4.90 Å². The minimum absolute atomic E-state index is 0.397. The standard InChI is InChI=1S/C15H17NO2S2/c17-20(18,15-4-2-1-3-5-15)16-9-6-13(7-10-16)14-8-11-19-12-14/h1-5,8,11-13H,6-7,9-10H2. The Morgan fingerprint density at radius 2 is 1.75 bits per heavy atom. The zero-order chi connectivity index (χ0) is 14.0. The molecule has 106 valence electrons. The van der Waals surface area contributed by atoms with Gasteiger partial charge in [-0.2, -0.15) is 15.6 Å². The smallest absolute Gasteiger partial charge is 0.207 e. The molecule has 3 rings (SSSR count). The van der Waals surface area contributed by atoms with E-state index in [0.29, 0.717) is 23.9 Å². The number of hydrogen-bond acceptors (Lipinski definition) is 3. The lowest BCUT2D eigenvalue weighted by Gasteiger charge is -2.31. The molecule has 1 aliphatic rings. The van der Waals surface area contributed by atoms with Crippen molar-refractivity contribution >= 4 is 21.4 Å². The van der Waals surface area contributed by atoms with Gasteiger partial charge in [0.2, 0.25) is 10.0 Å². The lowest BCUT2D eigenvalue weighted by molar-refractivity contribution is 0.320. The zero-order valence-electron chi connectivity index (χ0n) is 11.1. The van der Waals surface area contributed by atoms with E-state index in [-0.39, 0.29) is 0 Å². The first kappa shape index (κ1) is 13.8. The molecule has 2 heterocycles. The van der Waals surface area contributed by atoms with Crippen molar-refractivity contribution in [2.24, 2.45) is 0 Å². The first-order valence-electron chi connectivity index (χ1n) is 6.75. The van der Waals surface area contributed by atoms with Crippen molar-refractivity contribution in [1.82, 2.24) is 4.31 Å². The molecule has 0 atom stereocenters. The molecule has 20 heavy (non-hydrogen) atoms. The Hall–Kier alpha value is -1.17. The van der Waals surface area contributed by atoms with Crippen molar-refractivity contribution in [2.45, 2.75) is 23.7 Å². The Balaban J connectivity index is 1.72. The highest BCUT2D eigenvalue weighted by atomic mass is 32.2. The molecule has 0 radical (unpaired) electrons. The molecule has 1 aliphatic heterocycles. The molecule has 1 aromatic carbocycles. The summed E-state index contributed by atoms with van der Waals surface area (Å²) in [5.41, 5.74) is 1.35. The van der Waals surface area contributed by atoms with E-state index in [9.17, 15) is 8.42 Å². The van der Waals surface area contributed by atoms with E-state index in [1.54, 1.807) is 39.9 Å². The lowest BCUT2D eigenvalue weighted by atomic mass is 9.92. The number of sulfonamides is 1. The van der Waals surface area contributed by atoms with Crippen LogP contribution >= 0.6 is 11.3 Å². The second kappa shape index (κ2) is 5.68. The van der Waals surface area contributed by atoms with Crippen LogP contribution in [-0.2, 0) is 10.0 Å². The maximum Gasteiger partial charge on any atom is 0.243 e. The third kappa shape index (κ3) is 2.66. The van der Waals surface area contributed by atoms with Crippen molar-refractivity contribution in [3.8, 4) is 0 Å². The summed E-state index contributed by atoms with van der Waals surface area (Å²) in [6, 6.07) is 10.9. The minimum Gasteiger partial charge on any atom is -0.207 e. The molecule has 3 nitrogen and oxygen atoms in total. The molecule has 1 fully saturated rings. The van der Waals surface area contributed by atoms with E-state index in [2.05, 4.69) is 16.8 Å². The Bertz CT molecular complexity index is 642. The van der Waals surface area contributed by atoms with Crippen LogP contribution in [0, 0.1) is 0 Å². The van der Waals surface area contributed by atoms with Crippen LogP contribution in [0.5, 0.6) is 0 Å². The highest BCUT2D eigenvalue weighted by molar-refractivity contribution is 7.89. The van der Waals surface area contributed by atoms with Crippen LogP contribution in [0.4, 0.5) is 0 Å². The largest absolute Gasteiger partial charge is 0.243 e. The Morgan fingerprint density at radius 1 is 1.05 bits per heavy atom. The fraction of sp³-hybridized carbons (Fsp3) is 0.333. The summed E-state index contributed by atoms with van der Waals surface area (Å²) in [7, 11) is -3.32. The SMILES string of the molecule is O=S(=O)(c1ccccc1)N1CCC(c2ccsc2)CC1. The van der Waals surface area contributed by atoms with Gasteiger partial charge in [-0.15, -0.1) is 0 Å². The second-order valence-electron chi connectivity index (χ2n) is 5.05. The molecule has 1 saturated heterocycles. The second-order valence-corrected chi connectivity index (χ2v) is 7.77. The molecular formula is C15H17NO2S2. The van der Waals surface area contributed by atoms with E-state index >= 15 is 0 Å². The maximum atomic E-state index is 12.5. The molecule has 0 N–H and O–H groups in total. The van der Waals surface area contributed by atoms with Gasteiger partial charge < -0.3 is 0 Å². The normalized spacial score (nSPS) is 18.2. The van der Waals surface area contributed by atoms with Crippen molar-refractivity contribution in [2.75, 3.05) is 13.1 Å². The lowest BCUT2D eigenvalue weighted by Crippen LogP contribution is -2.37. The van der Waals surface area contributed by atoms with Crippen LogP contribution in [0.3, 0.4) is 0 Å². The summed E-state index contributed by atoms with van der Waals surface area (Å²) in [5.74, 6) is 0.503. The van der Waals surface area contributed by atoms with Crippen LogP contribution < -0.4 is 0 Å². The van der Waals surface area contributed by atoms with E-state index in [1.807, 2.05) is 6.07 Å². The number of nitrogens with zero attached hydrogens (tertiary/aromatic N) is 1. The van der Waals surface area contributed by atoms with Gasteiger partial charge in [-0.25, -0.2) is 8.42 Å². The average molecular weight is 307 g/mol. The van der Waals surface area contributed by atoms with Gasteiger partial charge >= 0.3 is 0 Å². The minimum atomic E-state index is -3.32. The Labute approximate surface area is 123 Å². The topological polar surface area (TPSA) is 37.4 Å². The van der Waals surface area contributed by atoms with E-state index in [0.717, 1.165) is 12.8 Å². The van der Waals surface area contributed by atoms with E-state index in [4.69, 9.17) is 0 Å². The fourth-order valence-corrected chi connectivity index (χ4v) is 4.91. The first-order valence-corrected chi connectivity index (χ1v) is 9.13. The fourth-order valence-electron chi connectivity index (χ4n) is 2.68. The predicted octanol–water partition coefficient (Wildman–Crippen LogP) is 3.32. The molecule has 5 heteroatoms. The molecule has 0 amide bonds. The molecule has 0 bridgehead atoms. The highest BCUT2D eigenvalue weighted by Crippen LogP contribution is 2.31. The van der Waals surface area contributed by atoms with Crippen molar-refractivity contribution in [1.29, 1.82) is 0 Å². The molecular weight excluding hydrogens is 290 g/mol. The van der Waals surface area contributed by atoms with Crippen molar-refractivity contribution in [3.63, 3.8) is 0 Å². The monoisotopic (exact) mass is 307 g/mol. The number of rotatable bonds is 3. The Morgan fingerprint density at radius 3 is 2.35 bits per heavy atom. The third-order valence-electron chi connectivity index (χ3n) is 3.85. The van der Waals surface area contributed by atoms with Gasteiger partial charge in [0, 0.05) is 13.1 Å². The molecule has 0 unspecified atom stereocenters. The van der Waals surface area contributed by atoms with Gasteiger partial charge in [-0.1, -0.05) is 18.2 Å². The Kier molecular flexibility index (Phi) is 3.92. The van der Waals surface area contributed by atoms with Crippen LogP contribution in [0.25, 0.3) is 0 Å².